The van der Waals surface area contributed by atoms with Gasteiger partial charge in [0.2, 0.25) is 5.54 Å². The summed E-state index contributed by atoms with van der Waals surface area (Å²) in [6.07, 6.45) is 9.08. The van der Waals surface area contributed by atoms with Gasteiger partial charge < -0.3 is 0 Å². The molecular weight excluding hydrogens is 300 g/mol. The molecule has 0 N–H and O–H groups in total. The maximum Gasteiger partial charge on any atom is 0.248 e. The van der Waals surface area contributed by atoms with Crippen LogP contribution in [-0.2, 0) is 6.42 Å². The van der Waals surface area contributed by atoms with E-state index in [1.165, 1.54) is 6.42 Å². The van der Waals surface area contributed by atoms with E-state index < -0.39 is 5.54 Å². The molecule has 0 amide bonds. The van der Waals surface area contributed by atoms with E-state index in [1.54, 1.807) is 0 Å². The molecule has 128 valence electrons. The van der Waals surface area contributed by atoms with Crippen molar-refractivity contribution in [2.75, 3.05) is 0 Å². The summed E-state index contributed by atoms with van der Waals surface area (Å²) in [7, 11) is 0. The van der Waals surface area contributed by atoms with Crippen molar-refractivity contribution in [2.24, 2.45) is 0 Å². The predicted molar refractivity (Wildman–Crippen MR) is 95.2 cm³/mol. The number of nitrogens with zero attached hydrogens (tertiary/aromatic N) is 2. The predicted octanol–water partition coefficient (Wildman–Crippen LogP) is 5.14. The molecule has 1 atom stereocenters. The summed E-state index contributed by atoms with van der Waals surface area (Å²) in [6, 6.07) is 10.1. The molecule has 1 unspecified atom stereocenters. The standard InChI is InChI=1S/C20H26N2O2/c1-17-10-12-18(13-11-17)16-20(22(23)24,14-7-15-21)19-8-5-3-2-4-6-9-19/h8,10-13H,2-7,9,14,16H2,1H3/b19-8+. The Morgan fingerprint density at radius 1 is 1.21 bits per heavy atom. The first-order chi connectivity index (χ1) is 11.6. The Balaban J connectivity index is 2.39. The Morgan fingerprint density at radius 2 is 1.92 bits per heavy atom. The minimum Gasteiger partial charge on any atom is -0.264 e. The van der Waals surface area contributed by atoms with Crippen LogP contribution in [-0.4, -0.2) is 10.5 Å². The van der Waals surface area contributed by atoms with Crippen LogP contribution >= 0.6 is 0 Å². The summed E-state index contributed by atoms with van der Waals surface area (Å²) in [5.74, 6) is 0. The molecule has 0 bridgehead atoms. The van der Waals surface area contributed by atoms with Gasteiger partial charge in [0.15, 0.2) is 0 Å². The maximum atomic E-state index is 12.2. The lowest BCUT2D eigenvalue weighted by molar-refractivity contribution is -0.559. The van der Waals surface area contributed by atoms with Gasteiger partial charge in [-0.3, -0.25) is 10.1 Å². The van der Waals surface area contributed by atoms with Gasteiger partial charge in [-0.15, -0.1) is 0 Å². The first-order valence-electron chi connectivity index (χ1n) is 8.85. The van der Waals surface area contributed by atoms with Crippen molar-refractivity contribution < 1.29 is 4.92 Å². The Labute approximate surface area is 144 Å². The fourth-order valence-electron chi connectivity index (χ4n) is 3.56. The lowest BCUT2D eigenvalue weighted by Crippen LogP contribution is -2.43. The van der Waals surface area contributed by atoms with Crippen LogP contribution in [0.25, 0.3) is 0 Å². The largest absolute Gasteiger partial charge is 0.264 e. The first-order valence-corrected chi connectivity index (χ1v) is 8.85. The van der Waals surface area contributed by atoms with Gasteiger partial charge in [0.25, 0.3) is 0 Å². The van der Waals surface area contributed by atoms with Gasteiger partial charge in [-0.1, -0.05) is 48.7 Å². The summed E-state index contributed by atoms with van der Waals surface area (Å²) in [5, 5.41) is 21.2. The molecule has 0 saturated heterocycles. The van der Waals surface area contributed by atoms with Crippen LogP contribution in [0.3, 0.4) is 0 Å². The van der Waals surface area contributed by atoms with Crippen molar-refractivity contribution >= 4 is 0 Å². The summed E-state index contributed by atoms with van der Waals surface area (Å²) in [4.78, 5) is 12.0. The molecule has 1 aliphatic rings. The minimum atomic E-state index is -1.14. The number of benzene rings is 1. The third-order valence-corrected chi connectivity index (χ3v) is 5.01. The average Bonchev–Trinajstić information content (AvgIpc) is 2.53. The molecule has 1 aromatic carbocycles. The Bertz CT molecular complexity index is 628. The zero-order chi connectivity index (χ0) is 17.4. The molecule has 0 aliphatic heterocycles. The van der Waals surface area contributed by atoms with Crippen LogP contribution in [0.1, 0.15) is 62.5 Å². The number of hydrogen-bond acceptors (Lipinski definition) is 3. The first kappa shape index (κ1) is 18.2. The fourth-order valence-corrected chi connectivity index (χ4v) is 3.56. The van der Waals surface area contributed by atoms with Gasteiger partial charge in [0.05, 0.1) is 6.07 Å². The highest BCUT2D eigenvalue weighted by molar-refractivity contribution is 5.28. The van der Waals surface area contributed by atoms with Crippen molar-refractivity contribution in [1.29, 1.82) is 5.26 Å². The highest BCUT2D eigenvalue weighted by Gasteiger charge is 2.45. The zero-order valence-corrected chi connectivity index (χ0v) is 14.5. The number of aryl methyl sites for hydroxylation is 1. The molecular formula is C20H26N2O2. The second-order valence-electron chi connectivity index (χ2n) is 6.79. The topological polar surface area (TPSA) is 66.9 Å². The number of allylic oxidation sites excluding steroid dienone is 1. The number of nitriles is 1. The third kappa shape index (κ3) is 4.44. The molecule has 2 rings (SSSR count). The number of rotatable bonds is 6. The molecule has 0 fully saturated rings. The second-order valence-corrected chi connectivity index (χ2v) is 6.79. The Hall–Kier alpha value is -2.15. The molecule has 24 heavy (non-hydrogen) atoms. The van der Waals surface area contributed by atoms with E-state index in [-0.39, 0.29) is 17.8 Å². The maximum absolute atomic E-state index is 12.2. The van der Waals surface area contributed by atoms with Crippen LogP contribution in [0, 0.1) is 28.4 Å². The van der Waals surface area contributed by atoms with E-state index in [0.29, 0.717) is 6.42 Å². The van der Waals surface area contributed by atoms with Crippen LogP contribution in [0.5, 0.6) is 0 Å². The smallest absolute Gasteiger partial charge is 0.248 e. The molecule has 0 spiro atoms. The van der Waals surface area contributed by atoms with Crippen LogP contribution in [0.4, 0.5) is 0 Å². The average molecular weight is 326 g/mol. The van der Waals surface area contributed by atoms with E-state index in [1.807, 2.05) is 31.2 Å². The van der Waals surface area contributed by atoms with Gasteiger partial charge in [0.1, 0.15) is 0 Å². The zero-order valence-electron chi connectivity index (χ0n) is 14.5. The summed E-state index contributed by atoms with van der Waals surface area (Å²) < 4.78 is 0. The lowest BCUT2D eigenvalue weighted by Gasteiger charge is -2.29. The van der Waals surface area contributed by atoms with Crippen molar-refractivity contribution in [1.82, 2.24) is 0 Å². The van der Waals surface area contributed by atoms with Gasteiger partial charge in [-0.25, -0.2) is 0 Å². The van der Waals surface area contributed by atoms with Crippen LogP contribution in [0.15, 0.2) is 35.9 Å². The summed E-state index contributed by atoms with van der Waals surface area (Å²) >= 11 is 0. The highest BCUT2D eigenvalue weighted by atomic mass is 16.6. The normalized spacial score (nSPS) is 19.9. The number of nitro groups is 1. The Morgan fingerprint density at radius 3 is 2.58 bits per heavy atom. The van der Waals surface area contributed by atoms with Crippen molar-refractivity contribution in [3.63, 3.8) is 0 Å². The van der Waals surface area contributed by atoms with Crippen molar-refractivity contribution in [2.45, 2.75) is 70.3 Å². The van der Waals surface area contributed by atoms with Crippen molar-refractivity contribution in [3.05, 3.63) is 57.2 Å². The van der Waals surface area contributed by atoms with E-state index in [0.717, 1.165) is 48.8 Å². The third-order valence-electron chi connectivity index (χ3n) is 5.01. The molecule has 1 aliphatic carbocycles. The quantitative estimate of drug-likeness (QED) is 0.413. The molecule has 4 heteroatoms. The van der Waals surface area contributed by atoms with Crippen LogP contribution in [0.2, 0.25) is 0 Å². The van der Waals surface area contributed by atoms with Gasteiger partial charge in [0, 0.05) is 29.8 Å². The van der Waals surface area contributed by atoms with Crippen molar-refractivity contribution in [3.8, 4) is 6.07 Å². The van der Waals surface area contributed by atoms with Crippen LogP contribution < -0.4 is 0 Å². The lowest BCUT2D eigenvalue weighted by atomic mass is 9.77. The summed E-state index contributed by atoms with van der Waals surface area (Å²) in [5.41, 5.74) is 1.91. The van der Waals surface area contributed by atoms with E-state index >= 15 is 0 Å². The molecule has 0 heterocycles. The monoisotopic (exact) mass is 326 g/mol. The SMILES string of the molecule is Cc1ccc(CC(CCC#N)(/C2=C/CCCCCC2)[N+](=O)[O-])cc1. The fraction of sp³-hybridized carbons (Fsp3) is 0.550. The Kier molecular flexibility index (Phi) is 6.54. The van der Waals surface area contributed by atoms with Gasteiger partial charge in [-0.2, -0.15) is 5.26 Å². The number of hydrogen-bond donors (Lipinski definition) is 0. The molecule has 0 saturated carbocycles. The summed E-state index contributed by atoms with van der Waals surface area (Å²) in [6.45, 7) is 2.01. The van der Waals surface area contributed by atoms with E-state index in [9.17, 15) is 10.1 Å². The highest BCUT2D eigenvalue weighted by Crippen LogP contribution is 2.35. The second kappa shape index (κ2) is 8.63. The van der Waals surface area contributed by atoms with Gasteiger partial charge >= 0.3 is 0 Å². The molecule has 0 radical (unpaired) electrons. The minimum absolute atomic E-state index is 0.127. The molecule has 0 aromatic heterocycles. The molecule has 1 aromatic rings. The van der Waals surface area contributed by atoms with E-state index in [2.05, 4.69) is 12.1 Å². The van der Waals surface area contributed by atoms with Gasteiger partial charge in [-0.05, 0) is 38.2 Å². The molecule has 4 nitrogen and oxygen atoms in total. The van der Waals surface area contributed by atoms with E-state index in [4.69, 9.17) is 5.26 Å².